The minimum Gasteiger partial charge on any atom is -0.336 e. The second-order valence-corrected chi connectivity index (χ2v) is 5.00. The number of rotatable bonds is 3. The van der Waals surface area contributed by atoms with E-state index in [1.807, 2.05) is 0 Å². The van der Waals surface area contributed by atoms with Crippen molar-refractivity contribution in [3.63, 3.8) is 0 Å². The summed E-state index contributed by atoms with van der Waals surface area (Å²) in [7, 11) is 0. The zero-order valence-corrected chi connectivity index (χ0v) is 11.3. The van der Waals surface area contributed by atoms with E-state index in [2.05, 4.69) is 39.5 Å². The zero-order valence-electron chi connectivity index (χ0n) is 11.3. The lowest BCUT2D eigenvalue weighted by atomic mass is 10.00. The first-order chi connectivity index (χ1) is 9.83. The summed E-state index contributed by atoms with van der Waals surface area (Å²) < 4.78 is 1.45. The van der Waals surface area contributed by atoms with E-state index < -0.39 is 0 Å². The molecule has 0 spiro atoms. The first-order valence-corrected chi connectivity index (χ1v) is 6.88. The monoisotopic (exact) mass is 286 g/mol. The van der Waals surface area contributed by atoms with Crippen LogP contribution >= 0.6 is 0 Å². The molecule has 0 aliphatic carbocycles. The minimum atomic E-state index is -0.125. The molecule has 0 bridgehead atoms. The predicted molar refractivity (Wildman–Crippen MR) is 83.2 cm³/mol. The quantitative estimate of drug-likeness (QED) is 0.940. The van der Waals surface area contributed by atoms with E-state index in [1.165, 1.54) is 22.0 Å². The fraction of sp³-hybridized carbons (Fsp3) is 0.375. The lowest BCUT2D eigenvalue weighted by Crippen LogP contribution is -2.38. The molecule has 1 aliphatic heterocycles. The summed E-state index contributed by atoms with van der Waals surface area (Å²) in [6, 6.07) is 8.45. The van der Waals surface area contributed by atoms with Crippen molar-refractivity contribution < 1.29 is 4.79 Å². The molecule has 2 heterocycles. The summed E-state index contributed by atoms with van der Waals surface area (Å²) in [6.45, 7) is 3.54. The molecule has 1 aromatic carbocycles. The lowest BCUT2D eigenvalue weighted by Gasteiger charge is -2.28. The van der Waals surface area contributed by atoms with Crippen molar-refractivity contribution in [1.82, 2.24) is 19.8 Å². The summed E-state index contributed by atoms with van der Waals surface area (Å²) in [5.74, 6) is 0. The molecule has 1 aliphatic rings. The summed E-state index contributed by atoms with van der Waals surface area (Å²) in [4.78, 5) is 18.0. The average molecular weight is 286 g/mol. The maximum absolute atomic E-state index is 11.7. The van der Waals surface area contributed by atoms with E-state index in [0.29, 0.717) is 6.54 Å². The van der Waals surface area contributed by atoms with E-state index in [0.717, 1.165) is 26.1 Å². The predicted octanol–water partition coefficient (Wildman–Crippen LogP) is 2.14. The van der Waals surface area contributed by atoms with Crippen molar-refractivity contribution in [2.75, 3.05) is 19.6 Å². The van der Waals surface area contributed by atoms with Crippen molar-refractivity contribution in [1.29, 1.82) is 0 Å². The van der Waals surface area contributed by atoms with Gasteiger partial charge in [0.2, 0.25) is 0 Å². The molecule has 0 radical (unpaired) electrons. The highest BCUT2D eigenvalue weighted by Crippen LogP contribution is 2.17. The molecule has 112 valence electrons. The number of hydrogen-bond donors (Lipinski definition) is 1. The maximum Gasteiger partial charge on any atom is 0.326 e. The smallest absolute Gasteiger partial charge is 0.326 e. The van der Waals surface area contributed by atoms with Gasteiger partial charge >= 0.3 is 6.03 Å². The van der Waals surface area contributed by atoms with Crippen LogP contribution in [-0.4, -0.2) is 40.1 Å². The second kappa shape index (κ2) is 7.04. The van der Waals surface area contributed by atoms with Crippen molar-refractivity contribution in [3.05, 3.63) is 54.1 Å². The Morgan fingerprint density at radius 2 is 2.10 bits per heavy atom. The van der Waals surface area contributed by atoms with Crippen LogP contribution in [0.2, 0.25) is 0 Å². The van der Waals surface area contributed by atoms with Crippen LogP contribution in [0.25, 0.3) is 0 Å². The molecule has 1 N–H and O–H groups in total. The van der Waals surface area contributed by atoms with Gasteiger partial charge in [0.05, 0.1) is 0 Å². The highest BCUT2D eigenvalue weighted by atomic mass is 16.2. The molecule has 3 rings (SSSR count). The Labute approximate surface area is 125 Å². The van der Waals surface area contributed by atoms with Crippen molar-refractivity contribution >= 4 is 6.03 Å². The molecule has 0 saturated carbocycles. The number of imidazole rings is 1. The van der Waals surface area contributed by atoms with Gasteiger partial charge in [-0.2, -0.15) is 0 Å². The molecule has 5 nitrogen and oxygen atoms in total. The number of carbonyl (C=O) groups excluding carboxylic acids is 1. The maximum atomic E-state index is 11.7. The van der Waals surface area contributed by atoms with E-state index in [4.69, 9.17) is 0 Å². The first-order valence-electron chi connectivity index (χ1n) is 6.88. The molecule has 1 amide bonds. The molecular formula is C16H22N4O. The van der Waals surface area contributed by atoms with E-state index in [9.17, 15) is 4.79 Å². The number of nitrogens with one attached hydrogen (secondary N) is 1. The molecule has 0 atom stereocenters. The number of aromatic nitrogens is 2. The van der Waals surface area contributed by atoms with Crippen LogP contribution < -0.4 is 5.32 Å². The van der Waals surface area contributed by atoms with Crippen LogP contribution in [0.3, 0.4) is 0 Å². The fourth-order valence-corrected chi connectivity index (χ4v) is 2.54. The Hall–Kier alpha value is -2.14. The second-order valence-electron chi connectivity index (χ2n) is 5.00. The molecule has 2 aromatic rings. The standard InChI is InChI=1S/C15H18N4O.CH4/c20-15(19-10-6-16-12-19)17-7-9-18-8-5-13-3-1-2-4-14(13)11-18;/h1-4,6,10,12H,5,7-9,11H2,(H,17,20);1H4. The molecule has 0 unspecified atom stereocenters. The lowest BCUT2D eigenvalue weighted by molar-refractivity contribution is 0.232. The molecular weight excluding hydrogens is 264 g/mol. The van der Waals surface area contributed by atoms with Crippen LogP contribution in [-0.2, 0) is 13.0 Å². The third-order valence-corrected chi connectivity index (χ3v) is 3.65. The number of carbonyl (C=O) groups is 1. The Balaban J connectivity index is 0.00000161. The highest BCUT2D eigenvalue weighted by molar-refractivity contribution is 5.76. The van der Waals surface area contributed by atoms with Gasteiger partial charge in [-0.05, 0) is 17.5 Å². The normalized spacial score (nSPS) is 14.1. The SMILES string of the molecule is C.O=C(NCCN1CCc2ccccc2C1)n1ccnc1. The number of nitrogens with zero attached hydrogens (tertiary/aromatic N) is 3. The minimum absolute atomic E-state index is 0. The fourth-order valence-electron chi connectivity index (χ4n) is 2.54. The van der Waals surface area contributed by atoms with Gasteiger partial charge in [0.15, 0.2) is 0 Å². The van der Waals surface area contributed by atoms with Gasteiger partial charge in [-0.15, -0.1) is 0 Å². The van der Waals surface area contributed by atoms with Gasteiger partial charge in [-0.25, -0.2) is 9.78 Å². The summed E-state index contributed by atoms with van der Waals surface area (Å²) in [6.07, 6.45) is 5.84. The number of benzene rings is 1. The third-order valence-electron chi connectivity index (χ3n) is 3.65. The van der Waals surface area contributed by atoms with Crippen molar-refractivity contribution in [2.24, 2.45) is 0 Å². The summed E-state index contributed by atoms with van der Waals surface area (Å²) in [5.41, 5.74) is 2.85. The van der Waals surface area contributed by atoms with Crippen LogP contribution in [0.1, 0.15) is 18.6 Å². The van der Waals surface area contributed by atoms with Gasteiger partial charge in [-0.1, -0.05) is 31.7 Å². The Morgan fingerprint density at radius 1 is 1.29 bits per heavy atom. The van der Waals surface area contributed by atoms with Crippen molar-refractivity contribution in [3.8, 4) is 0 Å². The van der Waals surface area contributed by atoms with Crippen LogP contribution in [0, 0.1) is 0 Å². The van der Waals surface area contributed by atoms with E-state index >= 15 is 0 Å². The number of hydrogen-bond acceptors (Lipinski definition) is 3. The van der Waals surface area contributed by atoms with Crippen LogP contribution in [0.4, 0.5) is 4.79 Å². The van der Waals surface area contributed by atoms with Crippen molar-refractivity contribution in [2.45, 2.75) is 20.4 Å². The number of amides is 1. The third kappa shape index (κ3) is 3.70. The van der Waals surface area contributed by atoms with Gasteiger partial charge in [0.1, 0.15) is 6.33 Å². The Morgan fingerprint density at radius 3 is 2.86 bits per heavy atom. The molecule has 21 heavy (non-hydrogen) atoms. The average Bonchev–Trinajstić information content (AvgIpc) is 3.01. The van der Waals surface area contributed by atoms with Crippen LogP contribution in [0.15, 0.2) is 43.0 Å². The Kier molecular flexibility index (Phi) is 5.11. The number of fused-ring (bicyclic) bond motifs is 1. The molecule has 0 fully saturated rings. The Bertz CT molecular complexity index is 580. The zero-order chi connectivity index (χ0) is 13.8. The largest absolute Gasteiger partial charge is 0.336 e. The van der Waals surface area contributed by atoms with E-state index in [-0.39, 0.29) is 13.5 Å². The van der Waals surface area contributed by atoms with Gasteiger partial charge < -0.3 is 5.32 Å². The van der Waals surface area contributed by atoms with Gasteiger partial charge in [-0.3, -0.25) is 9.47 Å². The van der Waals surface area contributed by atoms with E-state index in [1.54, 1.807) is 12.4 Å². The molecule has 5 heteroatoms. The molecule has 0 saturated heterocycles. The van der Waals surface area contributed by atoms with Gasteiger partial charge in [0, 0.05) is 38.6 Å². The van der Waals surface area contributed by atoms with Gasteiger partial charge in [0.25, 0.3) is 0 Å². The first kappa shape index (κ1) is 15.3. The topological polar surface area (TPSA) is 50.2 Å². The summed E-state index contributed by atoms with van der Waals surface area (Å²) >= 11 is 0. The van der Waals surface area contributed by atoms with Crippen LogP contribution in [0.5, 0.6) is 0 Å². The molecule has 1 aromatic heterocycles. The highest BCUT2D eigenvalue weighted by Gasteiger charge is 2.15. The summed E-state index contributed by atoms with van der Waals surface area (Å²) in [5, 5.41) is 2.90.